The van der Waals surface area contributed by atoms with Gasteiger partial charge in [0.1, 0.15) is 5.65 Å². The van der Waals surface area contributed by atoms with Crippen LogP contribution in [0.25, 0.3) is 5.65 Å². The monoisotopic (exact) mass is 468 g/mol. The lowest BCUT2D eigenvalue weighted by molar-refractivity contribution is 0.225. The van der Waals surface area contributed by atoms with Crippen molar-refractivity contribution in [2.45, 2.75) is 32.4 Å². The molecular weight excluding hydrogens is 439 g/mol. The Morgan fingerprint density at radius 1 is 1.38 bits per heavy atom. The molecule has 6 nitrogen and oxygen atoms in total. The number of aliphatic imine (C=N–C) groups is 1. The van der Waals surface area contributed by atoms with E-state index in [9.17, 15) is 0 Å². The first kappa shape index (κ1) is 20.7. The number of fused-ring (bicyclic) bond motifs is 1. The predicted molar refractivity (Wildman–Crippen MR) is 118 cm³/mol. The normalized spacial score (nSPS) is 16.3. The highest BCUT2D eigenvalue weighted by atomic mass is 127. The smallest absolute Gasteiger partial charge is 0.191 e. The molecule has 7 heteroatoms. The Morgan fingerprint density at radius 2 is 2.15 bits per heavy atom. The van der Waals surface area contributed by atoms with Gasteiger partial charge in [0.05, 0.1) is 12.2 Å². The van der Waals surface area contributed by atoms with Gasteiger partial charge in [0, 0.05) is 44.6 Å². The fourth-order valence-electron chi connectivity index (χ4n) is 3.29. The lowest BCUT2D eigenvalue weighted by Crippen LogP contribution is -2.48. The van der Waals surface area contributed by atoms with Crippen molar-refractivity contribution in [1.29, 1.82) is 0 Å². The van der Waals surface area contributed by atoms with Gasteiger partial charge in [0.15, 0.2) is 5.96 Å². The fraction of sp³-hybridized carbons (Fsp3) is 0.474. The molecule has 0 aromatic carbocycles. The van der Waals surface area contributed by atoms with E-state index < -0.39 is 0 Å². The second kappa shape index (κ2) is 9.91. The number of hydrogen-bond donors (Lipinski definition) is 2. The van der Waals surface area contributed by atoms with Crippen molar-refractivity contribution < 1.29 is 0 Å². The van der Waals surface area contributed by atoms with Crippen LogP contribution in [0.3, 0.4) is 0 Å². The molecule has 142 valence electrons. The number of halogens is 1. The minimum absolute atomic E-state index is 0. The molecule has 0 unspecified atom stereocenters. The van der Waals surface area contributed by atoms with E-state index in [2.05, 4.69) is 55.7 Å². The van der Waals surface area contributed by atoms with E-state index in [1.165, 1.54) is 5.69 Å². The molecule has 1 saturated heterocycles. The maximum Gasteiger partial charge on any atom is 0.191 e. The summed E-state index contributed by atoms with van der Waals surface area (Å²) < 4.78 is 2.11. The highest BCUT2D eigenvalue weighted by molar-refractivity contribution is 14.0. The van der Waals surface area contributed by atoms with Crippen LogP contribution in [-0.4, -0.2) is 53.0 Å². The Morgan fingerprint density at radius 3 is 2.81 bits per heavy atom. The van der Waals surface area contributed by atoms with Crippen molar-refractivity contribution >= 4 is 35.6 Å². The van der Waals surface area contributed by atoms with E-state index in [0.29, 0.717) is 12.6 Å². The molecule has 2 aromatic rings. The summed E-state index contributed by atoms with van der Waals surface area (Å²) in [7, 11) is 1.82. The first-order chi connectivity index (χ1) is 12.2. The SMILES string of the molecule is C=CCN1CCC(NC(=NC)NCc2cn3c(C)cccc3n2)CC1.I. The molecule has 2 N–H and O–H groups in total. The molecule has 2 aromatic heterocycles. The van der Waals surface area contributed by atoms with Crippen LogP contribution in [0.4, 0.5) is 0 Å². The van der Waals surface area contributed by atoms with Gasteiger partial charge in [0.2, 0.25) is 0 Å². The number of aromatic nitrogens is 2. The number of piperidine rings is 1. The van der Waals surface area contributed by atoms with Gasteiger partial charge in [-0.05, 0) is 31.9 Å². The highest BCUT2D eigenvalue weighted by Crippen LogP contribution is 2.10. The summed E-state index contributed by atoms with van der Waals surface area (Å²) in [6.45, 7) is 9.75. The molecule has 0 radical (unpaired) electrons. The number of nitrogens with one attached hydrogen (secondary N) is 2. The van der Waals surface area contributed by atoms with E-state index in [0.717, 1.165) is 49.8 Å². The van der Waals surface area contributed by atoms with Crippen molar-refractivity contribution in [3.05, 3.63) is 48.4 Å². The number of nitrogens with zero attached hydrogens (tertiary/aromatic N) is 4. The van der Waals surface area contributed by atoms with Crippen LogP contribution in [0.15, 0.2) is 42.0 Å². The Bertz CT molecular complexity index is 746. The summed E-state index contributed by atoms with van der Waals surface area (Å²) >= 11 is 0. The summed E-state index contributed by atoms with van der Waals surface area (Å²) in [6.07, 6.45) is 6.31. The number of aryl methyl sites for hydroxylation is 1. The second-order valence-corrected chi connectivity index (χ2v) is 6.56. The molecular formula is C19H29IN6. The minimum Gasteiger partial charge on any atom is -0.354 e. The van der Waals surface area contributed by atoms with Crippen LogP contribution in [0.1, 0.15) is 24.2 Å². The van der Waals surface area contributed by atoms with Crippen LogP contribution in [0, 0.1) is 6.92 Å². The van der Waals surface area contributed by atoms with Gasteiger partial charge < -0.3 is 15.0 Å². The van der Waals surface area contributed by atoms with Crippen molar-refractivity contribution in [2.75, 3.05) is 26.7 Å². The maximum absolute atomic E-state index is 4.66. The Kier molecular flexibility index (Phi) is 7.89. The summed E-state index contributed by atoms with van der Waals surface area (Å²) in [5, 5.41) is 6.92. The number of hydrogen-bond acceptors (Lipinski definition) is 3. The van der Waals surface area contributed by atoms with Gasteiger partial charge in [0.25, 0.3) is 0 Å². The summed E-state index contributed by atoms with van der Waals surface area (Å²) in [5.41, 5.74) is 3.18. The van der Waals surface area contributed by atoms with Crippen LogP contribution >= 0.6 is 24.0 Å². The average Bonchev–Trinajstić information content (AvgIpc) is 3.05. The molecule has 1 fully saturated rings. The van der Waals surface area contributed by atoms with Gasteiger partial charge in [-0.15, -0.1) is 30.6 Å². The zero-order valence-electron chi connectivity index (χ0n) is 15.6. The van der Waals surface area contributed by atoms with Crippen molar-refractivity contribution in [1.82, 2.24) is 24.9 Å². The van der Waals surface area contributed by atoms with E-state index in [-0.39, 0.29) is 24.0 Å². The Balaban J connectivity index is 0.00000243. The van der Waals surface area contributed by atoms with E-state index >= 15 is 0 Å². The Labute approximate surface area is 172 Å². The molecule has 0 atom stereocenters. The molecule has 1 aliphatic rings. The van der Waals surface area contributed by atoms with Gasteiger partial charge in [-0.3, -0.25) is 9.89 Å². The molecule has 0 spiro atoms. The van der Waals surface area contributed by atoms with E-state index in [1.54, 1.807) is 0 Å². The molecule has 0 bridgehead atoms. The summed E-state index contributed by atoms with van der Waals surface area (Å²) in [5.74, 6) is 0.843. The summed E-state index contributed by atoms with van der Waals surface area (Å²) in [6, 6.07) is 6.62. The summed E-state index contributed by atoms with van der Waals surface area (Å²) in [4.78, 5) is 11.4. The number of pyridine rings is 1. The van der Waals surface area contributed by atoms with Gasteiger partial charge in [-0.2, -0.15) is 0 Å². The number of imidazole rings is 1. The number of rotatable bonds is 5. The number of likely N-dealkylation sites (tertiary alicyclic amines) is 1. The van der Waals surface area contributed by atoms with Gasteiger partial charge in [-0.1, -0.05) is 12.1 Å². The lowest BCUT2D eigenvalue weighted by Gasteiger charge is -2.32. The topological polar surface area (TPSA) is 57.0 Å². The molecule has 0 amide bonds. The first-order valence-electron chi connectivity index (χ1n) is 8.93. The van der Waals surface area contributed by atoms with Crippen LogP contribution in [-0.2, 0) is 6.54 Å². The predicted octanol–water partition coefficient (Wildman–Crippen LogP) is 2.58. The van der Waals surface area contributed by atoms with Crippen LogP contribution < -0.4 is 10.6 Å². The zero-order valence-corrected chi connectivity index (χ0v) is 17.9. The molecule has 0 saturated carbocycles. The molecule has 3 rings (SSSR count). The number of guanidine groups is 1. The quantitative estimate of drug-likeness (QED) is 0.307. The molecule has 1 aliphatic heterocycles. The average molecular weight is 468 g/mol. The molecule has 0 aliphatic carbocycles. The van der Waals surface area contributed by atoms with Gasteiger partial charge >= 0.3 is 0 Å². The first-order valence-corrected chi connectivity index (χ1v) is 8.93. The van der Waals surface area contributed by atoms with Gasteiger partial charge in [-0.25, -0.2) is 4.98 Å². The largest absolute Gasteiger partial charge is 0.354 e. The maximum atomic E-state index is 4.66. The van der Waals surface area contributed by atoms with Crippen molar-refractivity contribution in [2.24, 2.45) is 4.99 Å². The van der Waals surface area contributed by atoms with Crippen molar-refractivity contribution in [3.8, 4) is 0 Å². The van der Waals surface area contributed by atoms with Crippen molar-refractivity contribution in [3.63, 3.8) is 0 Å². The fourth-order valence-corrected chi connectivity index (χ4v) is 3.29. The Hall–Kier alpha value is -1.61. The van der Waals surface area contributed by atoms with Crippen LogP contribution in [0.2, 0.25) is 0 Å². The van der Waals surface area contributed by atoms with E-state index in [4.69, 9.17) is 0 Å². The third kappa shape index (κ3) is 5.20. The van der Waals surface area contributed by atoms with E-state index in [1.807, 2.05) is 25.3 Å². The van der Waals surface area contributed by atoms with Crippen LogP contribution in [0.5, 0.6) is 0 Å². The minimum atomic E-state index is 0. The zero-order chi connectivity index (χ0) is 17.6. The molecule has 3 heterocycles. The third-order valence-electron chi connectivity index (χ3n) is 4.72. The lowest BCUT2D eigenvalue weighted by atomic mass is 10.1. The third-order valence-corrected chi connectivity index (χ3v) is 4.72. The second-order valence-electron chi connectivity index (χ2n) is 6.56. The standard InChI is InChI=1S/C19H28N6.HI/c1-4-10-24-11-8-16(9-12-24)23-19(20-3)21-13-17-14-25-15(2)6-5-7-18(25)22-17;/h4-7,14,16H,1,8-13H2,2-3H3,(H2,20,21,23);1H. The highest BCUT2D eigenvalue weighted by Gasteiger charge is 2.19. The molecule has 26 heavy (non-hydrogen) atoms.